The van der Waals surface area contributed by atoms with Crippen LogP contribution in [0.15, 0.2) is 0 Å². The second-order valence-corrected chi connectivity index (χ2v) is 4.59. The normalized spacial score (nSPS) is 16.6. The molecule has 0 atom stereocenters. The Bertz CT molecular complexity index is 217. The Morgan fingerprint density at radius 2 is 1.84 bits per heavy atom. The van der Waals surface area contributed by atoms with Crippen LogP contribution in [0.5, 0.6) is 0 Å². The zero-order valence-corrected chi connectivity index (χ0v) is 13.1. The van der Waals surface area contributed by atoms with E-state index in [0.717, 1.165) is 45.7 Å². The Kier molecular flexibility index (Phi) is 12.0. The van der Waals surface area contributed by atoms with Crippen molar-refractivity contribution in [2.24, 2.45) is 0 Å². The van der Waals surface area contributed by atoms with E-state index in [9.17, 15) is 4.79 Å². The molecule has 1 fully saturated rings. The Hall–Kier alpha value is -0.650. The summed E-state index contributed by atoms with van der Waals surface area (Å²) in [5, 5.41) is 2.95. The molecule has 1 saturated heterocycles. The van der Waals surface area contributed by atoms with Crippen molar-refractivity contribution < 1.29 is 9.53 Å². The van der Waals surface area contributed by atoms with Crippen LogP contribution >= 0.6 is 0 Å². The van der Waals surface area contributed by atoms with Crippen LogP contribution in [-0.2, 0) is 9.53 Å². The van der Waals surface area contributed by atoms with E-state index in [2.05, 4.69) is 22.2 Å². The maximum atomic E-state index is 11.4. The summed E-state index contributed by atoms with van der Waals surface area (Å²) in [6, 6.07) is 0. The second kappa shape index (κ2) is 12.4. The highest BCUT2D eigenvalue weighted by atomic mass is 16.5. The van der Waals surface area contributed by atoms with Gasteiger partial charge in [0.15, 0.2) is 0 Å². The minimum Gasteiger partial charge on any atom is -0.385 e. The molecule has 0 aliphatic carbocycles. The Morgan fingerprint density at radius 1 is 1.21 bits per heavy atom. The Labute approximate surface area is 118 Å². The maximum absolute atomic E-state index is 11.4. The standard InChI is InChI=1S/C12H25N3O2.C2H6/c1-14-7-9-15(10-8-14)6-5-13-12(16)4-3-11-17-2;1-2/h3-11H2,1-2H3,(H,13,16);1-2H3. The van der Waals surface area contributed by atoms with Crippen LogP contribution in [0.3, 0.4) is 0 Å². The molecule has 1 amide bonds. The molecular formula is C14H31N3O2. The van der Waals surface area contributed by atoms with Gasteiger partial charge in [0.1, 0.15) is 0 Å². The first-order valence-corrected chi connectivity index (χ1v) is 7.39. The van der Waals surface area contributed by atoms with Crippen molar-refractivity contribution >= 4 is 5.91 Å². The lowest BCUT2D eigenvalue weighted by Crippen LogP contribution is -2.46. The van der Waals surface area contributed by atoms with E-state index in [1.54, 1.807) is 7.11 Å². The van der Waals surface area contributed by atoms with E-state index >= 15 is 0 Å². The molecule has 0 aromatic heterocycles. The number of methoxy groups -OCH3 is 1. The number of ether oxygens (including phenoxy) is 1. The Balaban J connectivity index is 0.00000154. The average Bonchev–Trinajstić information content (AvgIpc) is 2.44. The fourth-order valence-electron chi connectivity index (χ4n) is 1.89. The van der Waals surface area contributed by atoms with Crippen molar-refractivity contribution in [1.82, 2.24) is 15.1 Å². The number of hydrogen-bond acceptors (Lipinski definition) is 4. The summed E-state index contributed by atoms with van der Waals surface area (Å²) in [5.41, 5.74) is 0. The molecule has 1 N–H and O–H groups in total. The summed E-state index contributed by atoms with van der Waals surface area (Å²) >= 11 is 0. The van der Waals surface area contributed by atoms with Gasteiger partial charge in [-0.1, -0.05) is 13.8 Å². The first-order valence-electron chi connectivity index (χ1n) is 7.39. The maximum Gasteiger partial charge on any atom is 0.220 e. The van der Waals surface area contributed by atoms with Gasteiger partial charge < -0.3 is 15.0 Å². The number of piperazine rings is 1. The first-order chi connectivity index (χ1) is 9.22. The third kappa shape index (κ3) is 9.87. The summed E-state index contributed by atoms with van der Waals surface area (Å²) in [6.07, 6.45) is 1.37. The molecule has 0 unspecified atom stereocenters. The van der Waals surface area contributed by atoms with Crippen LogP contribution in [0.2, 0.25) is 0 Å². The van der Waals surface area contributed by atoms with Gasteiger partial charge in [-0.2, -0.15) is 0 Å². The highest BCUT2D eigenvalue weighted by molar-refractivity contribution is 5.75. The summed E-state index contributed by atoms with van der Waals surface area (Å²) in [7, 11) is 3.81. The second-order valence-electron chi connectivity index (χ2n) is 4.59. The fourth-order valence-corrected chi connectivity index (χ4v) is 1.89. The lowest BCUT2D eigenvalue weighted by molar-refractivity contribution is -0.121. The van der Waals surface area contributed by atoms with Crippen molar-refractivity contribution in [2.45, 2.75) is 26.7 Å². The number of hydrogen-bond donors (Lipinski definition) is 1. The fraction of sp³-hybridized carbons (Fsp3) is 0.929. The summed E-state index contributed by atoms with van der Waals surface area (Å²) < 4.78 is 4.91. The quantitative estimate of drug-likeness (QED) is 0.697. The topological polar surface area (TPSA) is 44.8 Å². The SMILES string of the molecule is CC.COCCCC(=O)NCCN1CCN(C)CC1. The zero-order valence-electron chi connectivity index (χ0n) is 13.1. The number of nitrogens with zero attached hydrogens (tertiary/aromatic N) is 2. The predicted molar refractivity (Wildman–Crippen MR) is 79.4 cm³/mol. The number of rotatable bonds is 7. The third-order valence-electron chi connectivity index (χ3n) is 3.10. The highest BCUT2D eigenvalue weighted by Gasteiger charge is 2.13. The zero-order chi connectivity index (χ0) is 14.5. The van der Waals surface area contributed by atoms with E-state index in [1.807, 2.05) is 13.8 Å². The number of carbonyl (C=O) groups is 1. The van der Waals surface area contributed by atoms with E-state index in [-0.39, 0.29) is 5.91 Å². The van der Waals surface area contributed by atoms with Crippen LogP contribution in [0.25, 0.3) is 0 Å². The molecule has 1 aliphatic rings. The monoisotopic (exact) mass is 273 g/mol. The molecule has 1 aliphatic heterocycles. The molecule has 19 heavy (non-hydrogen) atoms. The highest BCUT2D eigenvalue weighted by Crippen LogP contribution is 1.97. The summed E-state index contributed by atoms with van der Waals surface area (Å²) in [5.74, 6) is 0.135. The molecule has 0 radical (unpaired) electrons. The van der Waals surface area contributed by atoms with Gasteiger partial charge in [0.2, 0.25) is 5.91 Å². The summed E-state index contributed by atoms with van der Waals surface area (Å²) in [4.78, 5) is 16.1. The third-order valence-corrected chi connectivity index (χ3v) is 3.10. The van der Waals surface area contributed by atoms with Crippen LogP contribution in [0.4, 0.5) is 0 Å². The molecule has 0 saturated carbocycles. The Morgan fingerprint density at radius 3 is 2.42 bits per heavy atom. The van der Waals surface area contributed by atoms with Crippen molar-refractivity contribution in [3.63, 3.8) is 0 Å². The van der Waals surface area contributed by atoms with Gasteiger partial charge in [-0.25, -0.2) is 0 Å². The first kappa shape index (κ1) is 18.4. The summed E-state index contributed by atoms with van der Waals surface area (Å²) in [6.45, 7) is 10.8. The minimum atomic E-state index is 0.135. The predicted octanol–water partition coefficient (Wildman–Crippen LogP) is 0.803. The van der Waals surface area contributed by atoms with Gasteiger partial charge in [-0.05, 0) is 13.5 Å². The molecule has 5 heteroatoms. The van der Waals surface area contributed by atoms with Gasteiger partial charge >= 0.3 is 0 Å². The molecule has 0 aromatic rings. The molecule has 0 bridgehead atoms. The average molecular weight is 273 g/mol. The number of carbonyl (C=O) groups excluding carboxylic acids is 1. The van der Waals surface area contributed by atoms with Crippen LogP contribution in [0.1, 0.15) is 26.7 Å². The molecule has 114 valence electrons. The van der Waals surface area contributed by atoms with E-state index in [1.165, 1.54) is 0 Å². The van der Waals surface area contributed by atoms with Gasteiger partial charge in [0, 0.05) is 59.4 Å². The van der Waals surface area contributed by atoms with Gasteiger partial charge in [0.05, 0.1) is 0 Å². The van der Waals surface area contributed by atoms with E-state index < -0.39 is 0 Å². The van der Waals surface area contributed by atoms with Crippen LogP contribution in [-0.4, -0.2) is 75.7 Å². The van der Waals surface area contributed by atoms with Crippen LogP contribution < -0.4 is 5.32 Å². The molecule has 1 rings (SSSR count). The van der Waals surface area contributed by atoms with Crippen molar-refractivity contribution in [2.75, 3.05) is 60.0 Å². The molecule has 5 nitrogen and oxygen atoms in total. The molecule has 1 heterocycles. The molecular weight excluding hydrogens is 242 g/mol. The van der Waals surface area contributed by atoms with Gasteiger partial charge in [-0.15, -0.1) is 0 Å². The lowest BCUT2D eigenvalue weighted by Gasteiger charge is -2.32. The smallest absolute Gasteiger partial charge is 0.220 e. The van der Waals surface area contributed by atoms with E-state index in [4.69, 9.17) is 4.74 Å². The largest absolute Gasteiger partial charge is 0.385 e. The van der Waals surface area contributed by atoms with Crippen molar-refractivity contribution in [3.05, 3.63) is 0 Å². The number of likely N-dealkylation sites (N-methyl/N-ethyl adjacent to an activating group) is 1. The lowest BCUT2D eigenvalue weighted by atomic mass is 10.3. The van der Waals surface area contributed by atoms with Crippen molar-refractivity contribution in [1.29, 1.82) is 0 Å². The van der Waals surface area contributed by atoms with Crippen LogP contribution in [0, 0.1) is 0 Å². The van der Waals surface area contributed by atoms with Crippen molar-refractivity contribution in [3.8, 4) is 0 Å². The number of nitrogens with one attached hydrogen (secondary N) is 1. The molecule has 0 aromatic carbocycles. The number of amides is 1. The van der Waals surface area contributed by atoms with E-state index in [0.29, 0.717) is 13.0 Å². The van der Waals surface area contributed by atoms with Gasteiger partial charge in [0.25, 0.3) is 0 Å². The van der Waals surface area contributed by atoms with Gasteiger partial charge in [-0.3, -0.25) is 9.69 Å². The minimum absolute atomic E-state index is 0.135. The molecule has 0 spiro atoms.